The minimum atomic E-state index is 0.220. The van der Waals surface area contributed by atoms with E-state index in [1.807, 2.05) is 13.8 Å². The molecular formula is C12H18O. The smallest absolute Gasteiger partial charge is 0.139 e. The second kappa shape index (κ2) is 3.28. The topological polar surface area (TPSA) is 17.1 Å². The van der Waals surface area contributed by atoms with Gasteiger partial charge < -0.3 is 0 Å². The Labute approximate surface area is 80.2 Å². The van der Waals surface area contributed by atoms with E-state index in [0.717, 1.165) is 6.42 Å². The summed E-state index contributed by atoms with van der Waals surface area (Å²) in [6, 6.07) is 0. The number of hydrogen-bond donors (Lipinski definition) is 0. The second-order valence-electron chi connectivity index (χ2n) is 4.79. The second-order valence-corrected chi connectivity index (χ2v) is 4.79. The Bertz CT molecular complexity index is 240. The van der Waals surface area contributed by atoms with E-state index in [1.165, 1.54) is 12.8 Å². The van der Waals surface area contributed by atoms with Gasteiger partial charge in [-0.2, -0.15) is 0 Å². The van der Waals surface area contributed by atoms with Gasteiger partial charge in [0.15, 0.2) is 0 Å². The van der Waals surface area contributed by atoms with Crippen LogP contribution in [0.5, 0.6) is 0 Å². The highest BCUT2D eigenvalue weighted by molar-refractivity contribution is 5.83. The largest absolute Gasteiger partial charge is 0.299 e. The van der Waals surface area contributed by atoms with E-state index in [2.05, 4.69) is 12.2 Å². The van der Waals surface area contributed by atoms with Gasteiger partial charge in [0.25, 0.3) is 0 Å². The molecule has 3 aliphatic carbocycles. The summed E-state index contributed by atoms with van der Waals surface area (Å²) in [5, 5.41) is 0. The van der Waals surface area contributed by atoms with Crippen LogP contribution in [0.1, 0.15) is 33.1 Å². The summed E-state index contributed by atoms with van der Waals surface area (Å²) in [5.74, 6) is 2.33. The van der Waals surface area contributed by atoms with Crippen molar-refractivity contribution < 1.29 is 4.79 Å². The Morgan fingerprint density at radius 3 is 2.46 bits per heavy atom. The Morgan fingerprint density at radius 1 is 1.31 bits per heavy atom. The highest BCUT2D eigenvalue weighted by Crippen LogP contribution is 2.41. The van der Waals surface area contributed by atoms with Gasteiger partial charge in [0.1, 0.15) is 5.78 Å². The van der Waals surface area contributed by atoms with Gasteiger partial charge in [-0.1, -0.05) is 26.0 Å². The Kier molecular flexibility index (Phi) is 2.27. The van der Waals surface area contributed by atoms with E-state index in [0.29, 0.717) is 23.5 Å². The molecule has 0 aromatic rings. The third-order valence-corrected chi connectivity index (χ3v) is 3.51. The van der Waals surface area contributed by atoms with Crippen LogP contribution in [0.4, 0.5) is 0 Å². The van der Waals surface area contributed by atoms with E-state index >= 15 is 0 Å². The Morgan fingerprint density at radius 2 is 2.08 bits per heavy atom. The molecule has 3 atom stereocenters. The first-order valence-corrected chi connectivity index (χ1v) is 5.40. The number of fused-ring (bicyclic) bond motifs is 2. The fourth-order valence-electron chi connectivity index (χ4n) is 2.69. The zero-order valence-corrected chi connectivity index (χ0v) is 8.49. The predicted molar refractivity (Wildman–Crippen MR) is 53.3 cm³/mol. The summed E-state index contributed by atoms with van der Waals surface area (Å²) in [6.07, 6.45) is 8.27. The zero-order chi connectivity index (χ0) is 9.42. The van der Waals surface area contributed by atoms with Crippen LogP contribution in [0, 0.1) is 23.7 Å². The van der Waals surface area contributed by atoms with Gasteiger partial charge in [-0.15, -0.1) is 0 Å². The van der Waals surface area contributed by atoms with Crippen molar-refractivity contribution in [1.29, 1.82) is 0 Å². The summed E-state index contributed by atoms with van der Waals surface area (Å²) < 4.78 is 0. The number of ketones is 1. The molecule has 13 heavy (non-hydrogen) atoms. The molecular weight excluding hydrogens is 160 g/mol. The molecule has 0 N–H and O–H groups in total. The lowest BCUT2D eigenvalue weighted by atomic mass is 9.66. The molecule has 1 fully saturated rings. The standard InChI is InChI=1S/C12H18O/c1-8(2)12(13)11-7-9-3-5-10(11)6-4-9/h3,5,8-11H,4,6-7H2,1-2H3/t9-,10+,11-/m0/s1. The zero-order valence-electron chi connectivity index (χ0n) is 8.49. The number of allylic oxidation sites excluding steroid dienone is 2. The van der Waals surface area contributed by atoms with Gasteiger partial charge in [0.2, 0.25) is 0 Å². The number of rotatable bonds is 2. The van der Waals surface area contributed by atoms with Crippen molar-refractivity contribution in [2.24, 2.45) is 23.7 Å². The van der Waals surface area contributed by atoms with E-state index in [-0.39, 0.29) is 5.92 Å². The van der Waals surface area contributed by atoms with Crippen LogP contribution in [-0.4, -0.2) is 5.78 Å². The molecule has 0 amide bonds. The van der Waals surface area contributed by atoms with Gasteiger partial charge in [-0.25, -0.2) is 0 Å². The SMILES string of the molecule is CC(C)C(=O)[C@H]1C[C@H]2C=C[C@@H]1CC2. The van der Waals surface area contributed by atoms with E-state index in [9.17, 15) is 4.79 Å². The molecule has 0 radical (unpaired) electrons. The van der Waals surface area contributed by atoms with E-state index in [1.54, 1.807) is 0 Å². The van der Waals surface area contributed by atoms with Gasteiger partial charge in [0, 0.05) is 11.8 Å². The van der Waals surface area contributed by atoms with Gasteiger partial charge >= 0.3 is 0 Å². The van der Waals surface area contributed by atoms with Gasteiger partial charge in [-0.3, -0.25) is 4.79 Å². The highest BCUT2D eigenvalue weighted by Gasteiger charge is 2.36. The Balaban J connectivity index is 2.10. The van der Waals surface area contributed by atoms with Crippen molar-refractivity contribution in [3.63, 3.8) is 0 Å². The van der Waals surface area contributed by atoms with Crippen molar-refractivity contribution >= 4 is 5.78 Å². The average molecular weight is 178 g/mol. The molecule has 0 unspecified atom stereocenters. The first kappa shape index (κ1) is 8.98. The Hall–Kier alpha value is -0.590. The normalized spacial score (nSPS) is 37.0. The quantitative estimate of drug-likeness (QED) is 0.594. The van der Waals surface area contributed by atoms with Crippen molar-refractivity contribution in [3.05, 3.63) is 12.2 Å². The molecule has 1 saturated carbocycles. The third kappa shape index (κ3) is 1.56. The molecule has 0 heterocycles. The molecule has 3 aliphatic rings. The molecule has 72 valence electrons. The first-order valence-electron chi connectivity index (χ1n) is 5.40. The third-order valence-electron chi connectivity index (χ3n) is 3.51. The highest BCUT2D eigenvalue weighted by atomic mass is 16.1. The molecule has 0 aliphatic heterocycles. The molecule has 1 heteroatoms. The summed E-state index contributed by atoms with van der Waals surface area (Å²) in [4.78, 5) is 11.9. The van der Waals surface area contributed by atoms with Crippen LogP contribution in [0.3, 0.4) is 0 Å². The first-order chi connectivity index (χ1) is 6.18. The fraction of sp³-hybridized carbons (Fsp3) is 0.750. The van der Waals surface area contributed by atoms with Crippen LogP contribution in [-0.2, 0) is 4.79 Å². The molecule has 0 spiro atoms. The lowest BCUT2D eigenvalue weighted by Crippen LogP contribution is -2.34. The van der Waals surface area contributed by atoms with E-state index in [4.69, 9.17) is 0 Å². The maximum atomic E-state index is 11.9. The average Bonchev–Trinajstić information content (AvgIpc) is 2.18. The molecule has 0 aromatic carbocycles. The summed E-state index contributed by atoms with van der Waals surface area (Å²) in [7, 11) is 0. The number of hydrogen-bond acceptors (Lipinski definition) is 1. The van der Waals surface area contributed by atoms with Crippen LogP contribution >= 0.6 is 0 Å². The molecule has 0 saturated heterocycles. The summed E-state index contributed by atoms with van der Waals surface area (Å²) >= 11 is 0. The van der Waals surface area contributed by atoms with Crippen molar-refractivity contribution in [2.75, 3.05) is 0 Å². The van der Waals surface area contributed by atoms with Crippen LogP contribution in [0.25, 0.3) is 0 Å². The lowest BCUT2D eigenvalue weighted by molar-refractivity contribution is -0.128. The van der Waals surface area contributed by atoms with Crippen molar-refractivity contribution in [1.82, 2.24) is 0 Å². The summed E-state index contributed by atoms with van der Waals surface area (Å²) in [5.41, 5.74) is 0. The minimum absolute atomic E-state index is 0.220. The predicted octanol–water partition coefficient (Wildman–Crippen LogP) is 2.81. The number of carbonyl (C=O) groups excluding carboxylic acids is 1. The van der Waals surface area contributed by atoms with Gasteiger partial charge in [0.05, 0.1) is 0 Å². The summed E-state index contributed by atoms with van der Waals surface area (Å²) in [6.45, 7) is 4.04. The maximum Gasteiger partial charge on any atom is 0.139 e. The monoisotopic (exact) mass is 178 g/mol. The van der Waals surface area contributed by atoms with Crippen molar-refractivity contribution in [2.45, 2.75) is 33.1 Å². The minimum Gasteiger partial charge on any atom is -0.299 e. The van der Waals surface area contributed by atoms with Gasteiger partial charge in [-0.05, 0) is 31.1 Å². The van der Waals surface area contributed by atoms with E-state index < -0.39 is 0 Å². The lowest BCUT2D eigenvalue weighted by Gasteiger charge is -2.37. The number of Topliss-reactive ketones (excluding diaryl/α,β-unsaturated/α-hetero) is 1. The van der Waals surface area contributed by atoms with Crippen molar-refractivity contribution in [3.8, 4) is 0 Å². The molecule has 3 rings (SSSR count). The molecule has 1 nitrogen and oxygen atoms in total. The fourth-order valence-corrected chi connectivity index (χ4v) is 2.69. The maximum absolute atomic E-state index is 11.9. The number of carbonyl (C=O) groups is 1. The van der Waals surface area contributed by atoms with Crippen LogP contribution < -0.4 is 0 Å². The van der Waals surface area contributed by atoms with Crippen LogP contribution in [0.15, 0.2) is 12.2 Å². The molecule has 0 aromatic heterocycles. The van der Waals surface area contributed by atoms with Crippen LogP contribution in [0.2, 0.25) is 0 Å². The molecule has 2 bridgehead atoms.